The summed E-state index contributed by atoms with van der Waals surface area (Å²) in [7, 11) is -3.49. The van der Waals surface area contributed by atoms with E-state index in [1.54, 1.807) is 24.3 Å². The molecule has 0 radical (unpaired) electrons. The standard InChI is InChI=1S/C23H30N2O3S/c1-17-8-12-21(16-18(17)2)24-23(26)15-11-19-9-13-22(14-10-19)29(27,28)25-20-6-4-3-5-7-20/h8-10,12-14,16,20,25H,3-7,11,15H2,1-2H3,(H,24,26). The van der Waals surface area contributed by atoms with E-state index in [1.165, 1.54) is 12.0 Å². The third-order valence-electron chi connectivity index (χ3n) is 5.59. The van der Waals surface area contributed by atoms with Crippen molar-refractivity contribution in [1.82, 2.24) is 4.72 Å². The molecule has 0 unspecified atom stereocenters. The van der Waals surface area contributed by atoms with Crippen LogP contribution in [-0.2, 0) is 21.2 Å². The molecule has 1 aliphatic rings. The number of benzene rings is 2. The molecule has 1 fully saturated rings. The van der Waals surface area contributed by atoms with Crippen LogP contribution in [0.1, 0.15) is 55.2 Å². The van der Waals surface area contributed by atoms with Crippen molar-refractivity contribution >= 4 is 21.6 Å². The van der Waals surface area contributed by atoms with Crippen LogP contribution in [0.15, 0.2) is 47.4 Å². The number of aryl methyl sites for hydroxylation is 3. The van der Waals surface area contributed by atoms with Gasteiger partial charge in [0.1, 0.15) is 0 Å². The molecule has 2 aromatic rings. The SMILES string of the molecule is Cc1ccc(NC(=O)CCc2ccc(S(=O)(=O)NC3CCCCC3)cc2)cc1C. The van der Waals surface area contributed by atoms with Gasteiger partial charge in [0.15, 0.2) is 0 Å². The summed E-state index contributed by atoms with van der Waals surface area (Å²) in [5.41, 5.74) is 4.07. The molecular weight excluding hydrogens is 384 g/mol. The Hall–Kier alpha value is -2.18. The highest BCUT2D eigenvalue weighted by Crippen LogP contribution is 2.20. The molecule has 1 saturated carbocycles. The van der Waals surface area contributed by atoms with Gasteiger partial charge >= 0.3 is 0 Å². The predicted molar refractivity (Wildman–Crippen MR) is 117 cm³/mol. The molecule has 0 saturated heterocycles. The maximum atomic E-state index is 12.6. The maximum Gasteiger partial charge on any atom is 0.240 e. The van der Waals surface area contributed by atoms with Crippen molar-refractivity contribution in [2.24, 2.45) is 0 Å². The number of rotatable bonds is 7. The van der Waals surface area contributed by atoms with Crippen molar-refractivity contribution in [3.8, 4) is 0 Å². The Morgan fingerprint density at radius 1 is 0.966 bits per heavy atom. The average molecular weight is 415 g/mol. The number of amides is 1. The first-order valence-electron chi connectivity index (χ1n) is 10.3. The lowest BCUT2D eigenvalue weighted by molar-refractivity contribution is -0.116. The fraction of sp³-hybridized carbons (Fsp3) is 0.435. The van der Waals surface area contributed by atoms with Crippen LogP contribution < -0.4 is 10.0 Å². The van der Waals surface area contributed by atoms with Crippen LogP contribution in [0.3, 0.4) is 0 Å². The van der Waals surface area contributed by atoms with Gasteiger partial charge < -0.3 is 5.32 Å². The van der Waals surface area contributed by atoms with Crippen LogP contribution in [0.25, 0.3) is 0 Å². The minimum Gasteiger partial charge on any atom is -0.326 e. The van der Waals surface area contributed by atoms with E-state index < -0.39 is 10.0 Å². The highest BCUT2D eigenvalue weighted by atomic mass is 32.2. The quantitative estimate of drug-likeness (QED) is 0.701. The summed E-state index contributed by atoms with van der Waals surface area (Å²) in [6.07, 6.45) is 6.07. The molecule has 1 amide bonds. The van der Waals surface area contributed by atoms with Crippen LogP contribution in [-0.4, -0.2) is 20.4 Å². The minimum absolute atomic E-state index is 0.0440. The minimum atomic E-state index is -3.49. The Bertz CT molecular complexity index is 947. The van der Waals surface area contributed by atoms with Gasteiger partial charge in [0.05, 0.1) is 4.90 Å². The number of anilines is 1. The molecule has 2 N–H and O–H groups in total. The summed E-state index contributed by atoms with van der Waals surface area (Å²) < 4.78 is 27.9. The van der Waals surface area contributed by atoms with Crippen LogP contribution in [0.5, 0.6) is 0 Å². The Morgan fingerprint density at radius 2 is 1.66 bits per heavy atom. The van der Waals surface area contributed by atoms with Crippen molar-refractivity contribution in [2.75, 3.05) is 5.32 Å². The van der Waals surface area contributed by atoms with E-state index >= 15 is 0 Å². The zero-order chi connectivity index (χ0) is 20.9. The van der Waals surface area contributed by atoms with E-state index in [0.717, 1.165) is 42.5 Å². The number of nitrogens with one attached hydrogen (secondary N) is 2. The average Bonchev–Trinajstić information content (AvgIpc) is 2.70. The van der Waals surface area contributed by atoms with Gasteiger partial charge in [0.2, 0.25) is 15.9 Å². The summed E-state index contributed by atoms with van der Waals surface area (Å²) >= 11 is 0. The van der Waals surface area contributed by atoms with E-state index in [0.29, 0.717) is 12.8 Å². The van der Waals surface area contributed by atoms with Gasteiger partial charge in [-0.25, -0.2) is 13.1 Å². The molecule has 2 aromatic carbocycles. The Balaban J connectivity index is 1.53. The number of carbonyl (C=O) groups excluding carboxylic acids is 1. The maximum absolute atomic E-state index is 12.6. The first kappa shape index (κ1) is 21.5. The van der Waals surface area contributed by atoms with E-state index in [4.69, 9.17) is 0 Å². The fourth-order valence-corrected chi connectivity index (χ4v) is 4.95. The second kappa shape index (κ2) is 9.55. The lowest BCUT2D eigenvalue weighted by Gasteiger charge is -2.22. The molecule has 1 aliphatic carbocycles. The third-order valence-corrected chi connectivity index (χ3v) is 7.13. The Kier molecular flexibility index (Phi) is 7.09. The number of hydrogen-bond acceptors (Lipinski definition) is 3. The van der Waals surface area contributed by atoms with Gasteiger partial charge in [-0.2, -0.15) is 0 Å². The molecule has 3 rings (SSSR count). The summed E-state index contributed by atoms with van der Waals surface area (Å²) in [6, 6.07) is 12.7. The first-order valence-corrected chi connectivity index (χ1v) is 11.8. The summed E-state index contributed by atoms with van der Waals surface area (Å²) in [5.74, 6) is -0.0519. The highest BCUT2D eigenvalue weighted by molar-refractivity contribution is 7.89. The van der Waals surface area contributed by atoms with E-state index in [9.17, 15) is 13.2 Å². The van der Waals surface area contributed by atoms with Crippen molar-refractivity contribution in [1.29, 1.82) is 0 Å². The van der Waals surface area contributed by atoms with Crippen LogP contribution in [0.2, 0.25) is 0 Å². The lowest BCUT2D eigenvalue weighted by atomic mass is 9.96. The van der Waals surface area contributed by atoms with Gasteiger partial charge in [-0.3, -0.25) is 4.79 Å². The van der Waals surface area contributed by atoms with Gasteiger partial charge in [0.25, 0.3) is 0 Å². The van der Waals surface area contributed by atoms with Crippen LogP contribution >= 0.6 is 0 Å². The molecular formula is C23H30N2O3S. The van der Waals surface area contributed by atoms with Gasteiger partial charge in [-0.15, -0.1) is 0 Å². The molecule has 6 heteroatoms. The molecule has 0 aliphatic heterocycles. The zero-order valence-corrected chi connectivity index (χ0v) is 18.0. The molecule has 0 spiro atoms. The highest BCUT2D eigenvalue weighted by Gasteiger charge is 2.21. The smallest absolute Gasteiger partial charge is 0.240 e. The van der Waals surface area contributed by atoms with E-state index in [2.05, 4.69) is 10.0 Å². The third kappa shape index (κ3) is 6.15. The Morgan fingerprint density at radius 3 is 2.31 bits per heavy atom. The predicted octanol–water partition coefficient (Wildman–Crippen LogP) is 4.49. The van der Waals surface area contributed by atoms with E-state index in [-0.39, 0.29) is 16.8 Å². The number of hydrogen-bond donors (Lipinski definition) is 2. The van der Waals surface area contributed by atoms with Gasteiger partial charge in [0, 0.05) is 18.2 Å². The van der Waals surface area contributed by atoms with Crippen molar-refractivity contribution in [2.45, 2.75) is 69.7 Å². The van der Waals surface area contributed by atoms with Crippen molar-refractivity contribution < 1.29 is 13.2 Å². The molecule has 156 valence electrons. The number of sulfonamides is 1. The molecule has 29 heavy (non-hydrogen) atoms. The summed E-state index contributed by atoms with van der Waals surface area (Å²) in [4.78, 5) is 12.5. The number of carbonyl (C=O) groups is 1. The fourth-order valence-electron chi connectivity index (χ4n) is 3.64. The van der Waals surface area contributed by atoms with Crippen molar-refractivity contribution in [3.05, 3.63) is 59.2 Å². The topological polar surface area (TPSA) is 75.3 Å². The summed E-state index contributed by atoms with van der Waals surface area (Å²) in [5, 5.41) is 2.92. The van der Waals surface area contributed by atoms with E-state index in [1.807, 2.05) is 32.0 Å². The second-order valence-corrected chi connectivity index (χ2v) is 9.66. The Labute approximate surface area is 174 Å². The normalized spacial score (nSPS) is 15.2. The lowest BCUT2D eigenvalue weighted by Crippen LogP contribution is -2.36. The zero-order valence-electron chi connectivity index (χ0n) is 17.2. The molecule has 5 nitrogen and oxygen atoms in total. The summed E-state index contributed by atoms with van der Waals surface area (Å²) in [6.45, 7) is 4.05. The molecule has 0 aromatic heterocycles. The molecule has 0 atom stereocenters. The first-order chi connectivity index (χ1) is 13.8. The van der Waals surface area contributed by atoms with Gasteiger partial charge in [-0.05, 0) is 74.1 Å². The van der Waals surface area contributed by atoms with Crippen molar-refractivity contribution in [3.63, 3.8) is 0 Å². The largest absolute Gasteiger partial charge is 0.326 e. The molecule has 0 heterocycles. The monoisotopic (exact) mass is 414 g/mol. The molecule has 0 bridgehead atoms. The van der Waals surface area contributed by atoms with Crippen LogP contribution in [0, 0.1) is 13.8 Å². The second-order valence-electron chi connectivity index (χ2n) is 7.95. The van der Waals surface area contributed by atoms with Crippen LogP contribution in [0.4, 0.5) is 5.69 Å². The van der Waals surface area contributed by atoms with Gasteiger partial charge in [-0.1, -0.05) is 37.5 Å².